The van der Waals surface area contributed by atoms with Crippen LogP contribution in [0.2, 0.25) is 10.0 Å². The van der Waals surface area contributed by atoms with Crippen molar-refractivity contribution in [3.63, 3.8) is 0 Å². The summed E-state index contributed by atoms with van der Waals surface area (Å²) in [5, 5.41) is 3.35. The second-order valence-corrected chi connectivity index (χ2v) is 10.6. The van der Waals surface area contributed by atoms with Crippen LogP contribution in [0.4, 0.5) is 5.69 Å². The third kappa shape index (κ3) is 7.62. The fraction of sp³-hybridized carbons (Fsp3) is 0.269. The molecule has 186 valence electrons. The number of hydrogen-bond acceptors (Lipinski definition) is 4. The van der Waals surface area contributed by atoms with Crippen LogP contribution >= 0.6 is 23.2 Å². The van der Waals surface area contributed by atoms with Crippen LogP contribution in [0, 0.1) is 0 Å². The summed E-state index contributed by atoms with van der Waals surface area (Å²) in [5.74, 6) is 0.412. The minimum atomic E-state index is -4.03. The summed E-state index contributed by atoms with van der Waals surface area (Å²) in [6.45, 7) is 2.67. The number of rotatable bonds is 12. The zero-order valence-corrected chi connectivity index (χ0v) is 21.7. The van der Waals surface area contributed by atoms with Crippen LogP contribution in [0.15, 0.2) is 77.7 Å². The lowest BCUT2D eigenvalue weighted by Gasteiger charge is -2.24. The average molecular weight is 535 g/mol. The Balaban J connectivity index is 1.69. The molecular formula is C26H28Cl2N2O4S. The summed E-state index contributed by atoms with van der Waals surface area (Å²) in [5.41, 5.74) is 1.28. The Labute approximate surface area is 216 Å². The van der Waals surface area contributed by atoms with Crippen LogP contribution in [0.25, 0.3) is 0 Å². The van der Waals surface area contributed by atoms with Gasteiger partial charge in [0.2, 0.25) is 5.91 Å². The van der Waals surface area contributed by atoms with Gasteiger partial charge in [0.1, 0.15) is 12.3 Å². The number of halogens is 2. The maximum atomic E-state index is 13.4. The first-order valence-corrected chi connectivity index (χ1v) is 13.5. The number of carbonyl (C=O) groups excluding carboxylic acids is 1. The standard InChI is InChI=1S/C26H28Cl2N2O4S/c1-2-15-34-25-13-7-6-9-20(25)10-8-14-29-26(31)19-30(23-17-21(27)16-22(28)18-23)35(32,33)24-11-4-3-5-12-24/h3-7,9,11-13,16-18H,2,8,10,14-15,19H2,1H3,(H,29,31). The third-order valence-corrected chi connectivity index (χ3v) is 7.36. The molecular weight excluding hydrogens is 507 g/mol. The highest BCUT2D eigenvalue weighted by atomic mass is 35.5. The van der Waals surface area contributed by atoms with E-state index in [2.05, 4.69) is 12.2 Å². The van der Waals surface area contributed by atoms with E-state index in [1.54, 1.807) is 18.2 Å². The molecule has 1 amide bonds. The van der Waals surface area contributed by atoms with Crippen molar-refractivity contribution in [1.82, 2.24) is 5.32 Å². The molecule has 35 heavy (non-hydrogen) atoms. The predicted molar refractivity (Wildman–Crippen MR) is 141 cm³/mol. The van der Waals surface area contributed by atoms with E-state index in [-0.39, 0.29) is 20.6 Å². The van der Waals surface area contributed by atoms with E-state index in [9.17, 15) is 13.2 Å². The lowest BCUT2D eigenvalue weighted by atomic mass is 10.1. The van der Waals surface area contributed by atoms with E-state index in [1.165, 1.54) is 30.3 Å². The van der Waals surface area contributed by atoms with Gasteiger partial charge in [0.15, 0.2) is 0 Å². The SMILES string of the molecule is CCCOc1ccccc1CCCNC(=O)CN(c1cc(Cl)cc(Cl)c1)S(=O)(=O)c1ccccc1. The van der Waals surface area contributed by atoms with Gasteiger partial charge in [0.05, 0.1) is 17.2 Å². The van der Waals surface area contributed by atoms with Crippen molar-refractivity contribution in [2.24, 2.45) is 0 Å². The predicted octanol–water partition coefficient (Wildman–Crippen LogP) is 5.73. The number of benzene rings is 3. The first-order chi connectivity index (χ1) is 16.8. The number of nitrogens with one attached hydrogen (secondary N) is 1. The van der Waals surface area contributed by atoms with Crippen LogP contribution in [0.3, 0.4) is 0 Å². The van der Waals surface area contributed by atoms with E-state index < -0.39 is 22.5 Å². The number of amides is 1. The summed E-state index contributed by atoms with van der Waals surface area (Å²) >= 11 is 12.2. The molecule has 0 unspecified atom stereocenters. The molecule has 3 aromatic carbocycles. The van der Waals surface area contributed by atoms with Gasteiger partial charge in [-0.15, -0.1) is 0 Å². The molecule has 0 radical (unpaired) electrons. The normalized spacial score (nSPS) is 11.2. The molecule has 0 bridgehead atoms. The smallest absolute Gasteiger partial charge is 0.264 e. The first-order valence-electron chi connectivity index (χ1n) is 11.3. The zero-order chi connectivity index (χ0) is 25.3. The average Bonchev–Trinajstić information content (AvgIpc) is 2.84. The molecule has 1 N–H and O–H groups in total. The Kier molecular flexibility index (Phi) is 9.83. The van der Waals surface area contributed by atoms with E-state index >= 15 is 0 Å². The first kappa shape index (κ1) is 26.9. The Hall–Kier alpha value is -2.74. The number of nitrogens with zero attached hydrogens (tertiary/aromatic N) is 1. The molecule has 3 aromatic rings. The van der Waals surface area contributed by atoms with Crippen molar-refractivity contribution in [2.45, 2.75) is 31.1 Å². The number of carbonyl (C=O) groups is 1. The van der Waals surface area contributed by atoms with Crippen molar-refractivity contribution >= 4 is 44.8 Å². The van der Waals surface area contributed by atoms with Gasteiger partial charge in [-0.05, 0) is 61.2 Å². The number of ether oxygens (including phenoxy) is 1. The molecule has 3 rings (SSSR count). The van der Waals surface area contributed by atoms with Crippen LogP contribution in [0.1, 0.15) is 25.3 Å². The van der Waals surface area contributed by atoms with Crippen molar-refractivity contribution in [3.05, 3.63) is 88.4 Å². The minimum absolute atomic E-state index is 0.0626. The molecule has 0 aliphatic rings. The van der Waals surface area contributed by atoms with Gasteiger partial charge >= 0.3 is 0 Å². The summed E-state index contributed by atoms with van der Waals surface area (Å²) in [4.78, 5) is 12.8. The summed E-state index contributed by atoms with van der Waals surface area (Å²) in [6.07, 6.45) is 2.31. The zero-order valence-electron chi connectivity index (χ0n) is 19.4. The van der Waals surface area contributed by atoms with E-state index in [4.69, 9.17) is 27.9 Å². The summed E-state index contributed by atoms with van der Waals surface area (Å²) < 4.78 is 33.6. The van der Waals surface area contributed by atoms with Crippen molar-refractivity contribution < 1.29 is 17.9 Å². The quantitative estimate of drug-likeness (QED) is 0.301. The summed E-state index contributed by atoms with van der Waals surface area (Å²) in [6, 6.07) is 20.2. The number of anilines is 1. The molecule has 0 fully saturated rings. The Morgan fingerprint density at radius 3 is 2.31 bits per heavy atom. The Morgan fingerprint density at radius 2 is 1.63 bits per heavy atom. The molecule has 0 saturated carbocycles. The fourth-order valence-electron chi connectivity index (χ4n) is 3.47. The van der Waals surface area contributed by atoms with Gasteiger partial charge in [-0.2, -0.15) is 0 Å². The van der Waals surface area contributed by atoms with Crippen LogP contribution in [0.5, 0.6) is 5.75 Å². The van der Waals surface area contributed by atoms with Gasteiger partial charge in [-0.3, -0.25) is 9.10 Å². The lowest BCUT2D eigenvalue weighted by molar-refractivity contribution is -0.119. The number of para-hydroxylation sites is 1. The van der Waals surface area contributed by atoms with Gasteiger partial charge in [0.25, 0.3) is 10.0 Å². The molecule has 0 aromatic heterocycles. The van der Waals surface area contributed by atoms with E-state index in [1.807, 2.05) is 24.3 Å². The van der Waals surface area contributed by atoms with Crippen molar-refractivity contribution in [3.8, 4) is 5.75 Å². The van der Waals surface area contributed by atoms with Gasteiger partial charge < -0.3 is 10.1 Å². The van der Waals surface area contributed by atoms with E-state index in [0.717, 1.165) is 28.5 Å². The maximum Gasteiger partial charge on any atom is 0.264 e. The number of aryl methyl sites for hydroxylation is 1. The second-order valence-electron chi connectivity index (χ2n) is 7.86. The van der Waals surface area contributed by atoms with Crippen LogP contribution in [-0.4, -0.2) is 34.0 Å². The van der Waals surface area contributed by atoms with Gasteiger partial charge in [-0.25, -0.2) is 8.42 Å². The summed E-state index contributed by atoms with van der Waals surface area (Å²) in [7, 11) is -4.03. The second kappa shape index (κ2) is 12.8. The Bertz CT molecular complexity index is 1220. The van der Waals surface area contributed by atoms with Crippen molar-refractivity contribution in [2.75, 3.05) is 24.0 Å². The molecule has 0 heterocycles. The maximum absolute atomic E-state index is 13.4. The highest BCUT2D eigenvalue weighted by Crippen LogP contribution is 2.29. The van der Waals surface area contributed by atoms with E-state index in [0.29, 0.717) is 19.6 Å². The highest BCUT2D eigenvalue weighted by molar-refractivity contribution is 7.92. The van der Waals surface area contributed by atoms with Crippen LogP contribution < -0.4 is 14.4 Å². The third-order valence-electron chi connectivity index (χ3n) is 5.13. The number of sulfonamides is 1. The Morgan fingerprint density at radius 1 is 0.971 bits per heavy atom. The van der Waals surface area contributed by atoms with Crippen molar-refractivity contribution in [1.29, 1.82) is 0 Å². The minimum Gasteiger partial charge on any atom is -0.493 e. The molecule has 0 spiro atoms. The highest BCUT2D eigenvalue weighted by Gasteiger charge is 2.27. The van der Waals surface area contributed by atoms with Gasteiger partial charge in [-0.1, -0.05) is 66.5 Å². The molecule has 0 saturated heterocycles. The number of hydrogen-bond donors (Lipinski definition) is 1. The lowest BCUT2D eigenvalue weighted by Crippen LogP contribution is -2.41. The molecule has 0 aliphatic heterocycles. The fourth-order valence-corrected chi connectivity index (χ4v) is 5.41. The monoisotopic (exact) mass is 534 g/mol. The largest absolute Gasteiger partial charge is 0.493 e. The topological polar surface area (TPSA) is 75.7 Å². The van der Waals surface area contributed by atoms with Crippen LogP contribution in [-0.2, 0) is 21.2 Å². The molecule has 0 aliphatic carbocycles. The molecule has 0 atom stereocenters. The van der Waals surface area contributed by atoms with Gasteiger partial charge in [0, 0.05) is 16.6 Å². The molecule has 6 nitrogen and oxygen atoms in total. The molecule has 9 heteroatoms.